The van der Waals surface area contributed by atoms with Crippen LogP contribution in [-0.4, -0.2) is 492 Å². The number of hydrogen-bond acceptors (Lipinski definition) is 48. The standard InChI is InChI=1S/C81H117O48PS7/c82-43(83)11-18-131-26-36-67-52(98)60(106)76(116-36)125-69-38(28-133-20-13-45(86)87)118-78(62(108)54(69)100)127-71-40(30-135-22-15-47(90)91)120-80(64(110)56(71)102)129-73-42(32-137-24-17-49(94)95)121-81(65(111)57(73)103)128-72-41(31-136-23-16-48(92)93)119-79(63(109)55(72)101)126-70-39(29-134-21-14-46(88)89)117-77(61(107)53(70)99)124-68-37(27-132-19-12-44(84)85)115-75(59(105)51(68)97)122-66-35(114-74(123-67)58(104)50(66)96)25-113-130(112,33-7-3-1-4-8-33)34-9-5-2-6-10-34/h1-10,35-42,50-81,96-111H,11-32H2,(H,82,83)(H,84,85)(H,86,87)(H,88,89)(H,90,91)(H,92,93)(H,94,95)/t35-,36-,37-,38-,39-,40-,41-,42-,50-,51-,52-,53-,54-,55-,56-,57-,58-,59-,60-,61-,62-,63-,64-,65-,66-,67-,68-,69-,70-,71-,72-,73-,74-,75-,76-,77-,78-,79-,80-,81-/m1/s1. The first-order chi connectivity index (χ1) is 65.2. The average molecular weight is 2110 g/mol. The van der Waals surface area contributed by atoms with Gasteiger partial charge in [-0.1, -0.05) is 36.4 Å². The van der Waals surface area contributed by atoms with Gasteiger partial charge >= 0.3 is 41.8 Å². The predicted octanol–water partition coefficient (Wildman–Crippen LogP) is -5.94. The molecule has 48 nitrogen and oxygen atoms in total. The van der Waals surface area contributed by atoms with Crippen molar-refractivity contribution in [3.05, 3.63) is 60.7 Å². The summed E-state index contributed by atoms with van der Waals surface area (Å²) in [4.78, 5) is 83.2. The number of aliphatic hydroxyl groups excluding tert-OH is 16. The lowest BCUT2D eigenvalue weighted by molar-refractivity contribution is -0.397. The molecule has 40 atom stereocenters. The molecule has 2 aromatic carbocycles. The van der Waals surface area contributed by atoms with Gasteiger partial charge in [-0.3, -0.25) is 38.1 Å². The number of thioether (sulfide) groups is 7. The summed E-state index contributed by atoms with van der Waals surface area (Å²) in [6, 6.07) is 15.3. The molecule has 776 valence electrons. The SMILES string of the molecule is O=C(O)CCSC[C@H]1O[C@@H]2O[C@H]3[C@H](O)[C@@H](O)[C@@H](O[C@H]4[C@H](O)[C@@H](O)[C@@H](O[C@H]5[C@H](O)[C@@H](O)[C@@H](O[C@H]6[C@H](O)[C@@H](O)[C@@H](O[C@H]7[C@H](O)[C@@H](O)[C@@H](O[C@H]8[C@H](O)[C@@H](O)[C@@H](O[C@H]9[C@H](O)[C@@H](O)[C@@H](O[C@H]1[C@H](O)[C@H]2O)O[C@@H]9COP(=O)(c1ccccc1)c1ccccc1)O[C@@H]8CSCCC(=O)O)O[C@@H]7CSCCC(=O)O)O[C@@H]6CSCCC(=O)O)O[C@@H]5CSCCC(=O)O)O[C@@H]4CSCCC(=O)O)O[C@@H]3CSCCC(=O)O. The highest BCUT2D eigenvalue weighted by Gasteiger charge is 2.61. The highest BCUT2D eigenvalue weighted by molar-refractivity contribution is 8.00. The second kappa shape index (κ2) is 54.0. The molecule has 0 unspecified atom stereocenters. The van der Waals surface area contributed by atoms with Crippen LogP contribution in [0.1, 0.15) is 44.9 Å². The van der Waals surface area contributed by atoms with E-state index in [2.05, 4.69) is 0 Å². The van der Waals surface area contributed by atoms with Crippen LogP contribution in [0.3, 0.4) is 0 Å². The average Bonchev–Trinajstić information content (AvgIpc) is 0.767. The summed E-state index contributed by atoms with van der Waals surface area (Å²) in [5.41, 5.74) is 0. The van der Waals surface area contributed by atoms with Crippen LogP contribution in [0.25, 0.3) is 0 Å². The first-order valence-corrected chi connectivity index (χ1v) is 53.2. The van der Waals surface area contributed by atoms with Gasteiger partial charge in [0, 0.05) is 91.1 Å². The van der Waals surface area contributed by atoms with E-state index in [0.29, 0.717) is 0 Å². The first-order valence-electron chi connectivity index (χ1n) is 43.5. The molecule has 23 N–H and O–H groups in total. The van der Waals surface area contributed by atoms with Gasteiger partial charge in [-0.25, -0.2) is 0 Å². The zero-order valence-electron chi connectivity index (χ0n) is 72.7. The summed E-state index contributed by atoms with van der Waals surface area (Å²) in [7, 11) is -4.36. The molecule has 56 heteroatoms. The monoisotopic (exact) mass is 2110 g/mol. The summed E-state index contributed by atoms with van der Waals surface area (Å²) in [6.45, 7) is -0.958. The van der Waals surface area contributed by atoms with Gasteiger partial charge in [0.15, 0.2) is 50.3 Å². The molecular formula is C81H117O48PS7. The van der Waals surface area contributed by atoms with Gasteiger partial charge in [-0.2, -0.15) is 82.3 Å². The summed E-state index contributed by atoms with van der Waals surface area (Å²) in [5, 5.41) is 266. The van der Waals surface area contributed by atoms with E-state index < -0.39 is 369 Å². The van der Waals surface area contributed by atoms with Crippen LogP contribution in [0, 0.1) is 0 Å². The molecule has 2 aromatic rings. The van der Waals surface area contributed by atoms with Crippen LogP contribution < -0.4 is 10.6 Å². The Kier molecular flexibility index (Phi) is 44.7. The van der Waals surface area contributed by atoms with Crippen LogP contribution in [0.4, 0.5) is 0 Å². The van der Waals surface area contributed by atoms with Gasteiger partial charge in [0.05, 0.1) is 94.3 Å². The van der Waals surface area contributed by atoms with Crippen molar-refractivity contribution in [2.45, 2.75) is 291 Å². The second-order valence-electron chi connectivity index (χ2n) is 33.0. The minimum atomic E-state index is -4.36. The van der Waals surface area contributed by atoms with Crippen LogP contribution in [-0.2, 0) is 118 Å². The fourth-order valence-corrected chi connectivity index (χ4v) is 25.0. The lowest BCUT2D eigenvalue weighted by atomic mass is 9.95. The molecule has 30 aliphatic heterocycles. The van der Waals surface area contributed by atoms with Crippen molar-refractivity contribution in [3.63, 3.8) is 0 Å². The number of aliphatic carboxylic acids is 7. The third-order valence-corrected chi connectivity index (χ3v) is 33.1. The van der Waals surface area contributed by atoms with Gasteiger partial charge < -0.3 is 198 Å². The van der Waals surface area contributed by atoms with E-state index in [0.717, 1.165) is 82.3 Å². The largest absolute Gasteiger partial charge is 0.481 e. The van der Waals surface area contributed by atoms with E-state index in [1.807, 2.05) is 0 Å². The van der Waals surface area contributed by atoms with Crippen LogP contribution >= 0.6 is 89.7 Å². The molecule has 0 amide bonds. The summed E-state index contributed by atoms with van der Waals surface area (Å²) in [6.07, 6.45) is -87.3. The normalized spacial score (nSPS) is 39.6. The highest BCUT2D eigenvalue weighted by Crippen LogP contribution is 2.48. The third kappa shape index (κ3) is 30.4. The number of hydrogen-bond donors (Lipinski definition) is 23. The zero-order valence-corrected chi connectivity index (χ0v) is 79.3. The second-order valence-corrected chi connectivity index (χ2v) is 43.5. The Morgan fingerprint density at radius 3 is 0.526 bits per heavy atom. The fraction of sp³-hybridized carbons (Fsp3) is 0.765. The topological polar surface area (TPSA) is 759 Å². The van der Waals surface area contributed by atoms with Crippen LogP contribution in [0.5, 0.6) is 0 Å². The molecule has 137 heavy (non-hydrogen) atoms. The number of ether oxygens (including phenoxy) is 16. The van der Waals surface area contributed by atoms with Crippen molar-refractivity contribution in [2.75, 3.05) is 87.1 Å². The molecule has 32 rings (SSSR count). The van der Waals surface area contributed by atoms with Gasteiger partial charge in [-0.15, -0.1) is 0 Å². The Balaban J connectivity index is 0.991. The molecular weight excluding hydrogens is 2000 g/mol. The lowest BCUT2D eigenvalue weighted by Crippen LogP contribution is -2.69. The molecule has 16 bridgehead atoms. The zero-order chi connectivity index (χ0) is 99.4. The van der Waals surface area contributed by atoms with Crippen LogP contribution in [0.2, 0.25) is 0 Å². The molecule has 0 saturated carbocycles. The molecule has 30 heterocycles. The van der Waals surface area contributed by atoms with Crippen molar-refractivity contribution in [2.24, 2.45) is 0 Å². The summed E-state index contributed by atoms with van der Waals surface area (Å²) < 4.78 is 123. The number of aliphatic hydroxyl groups is 16. The van der Waals surface area contributed by atoms with E-state index in [1.54, 1.807) is 36.4 Å². The van der Waals surface area contributed by atoms with Crippen molar-refractivity contribution in [3.8, 4) is 0 Å². The quantitative estimate of drug-likeness (QED) is 0.0218. The molecule has 0 spiro atoms. The number of carboxylic acid groups (broad SMARTS) is 7. The van der Waals surface area contributed by atoms with Crippen molar-refractivity contribution < 1.29 is 236 Å². The third-order valence-electron chi connectivity index (χ3n) is 23.3. The van der Waals surface area contributed by atoms with Crippen LogP contribution in [0.15, 0.2) is 60.7 Å². The number of carbonyl (C=O) groups is 7. The Bertz CT molecular complexity index is 3980. The van der Waals surface area contributed by atoms with Gasteiger partial charge in [-0.05, 0) is 24.3 Å². The lowest BCUT2D eigenvalue weighted by Gasteiger charge is -2.51. The Morgan fingerprint density at radius 1 is 0.226 bits per heavy atom. The Hall–Kier alpha value is -3.91. The van der Waals surface area contributed by atoms with Gasteiger partial charge in [0.1, 0.15) is 153 Å². The molecule has 30 aliphatic rings. The van der Waals surface area contributed by atoms with E-state index >= 15 is 4.57 Å². The summed E-state index contributed by atoms with van der Waals surface area (Å²) in [5.74, 6) is -12.8. The van der Waals surface area contributed by atoms with Gasteiger partial charge in [0.2, 0.25) is 0 Å². The minimum Gasteiger partial charge on any atom is -0.481 e. The Labute approximate surface area is 811 Å². The smallest absolute Gasteiger partial charge is 0.304 e. The van der Waals surface area contributed by atoms with Crippen molar-refractivity contribution >= 4 is 142 Å². The molecule has 30 fully saturated rings. The molecule has 0 radical (unpaired) electrons. The molecule has 30 saturated heterocycles. The number of benzene rings is 2. The van der Waals surface area contributed by atoms with E-state index in [9.17, 15) is 151 Å². The van der Waals surface area contributed by atoms with E-state index in [-0.39, 0.29) is 68.1 Å². The highest BCUT2D eigenvalue weighted by atomic mass is 32.2. The maximum atomic E-state index is 15.7. The van der Waals surface area contributed by atoms with E-state index in [4.69, 9.17) is 80.3 Å². The maximum absolute atomic E-state index is 15.7. The van der Waals surface area contributed by atoms with Crippen molar-refractivity contribution in [1.29, 1.82) is 0 Å². The number of rotatable bonds is 40. The van der Waals surface area contributed by atoms with Gasteiger partial charge in [0.25, 0.3) is 7.37 Å². The van der Waals surface area contributed by atoms with E-state index in [1.165, 1.54) is 24.3 Å². The van der Waals surface area contributed by atoms with Crippen molar-refractivity contribution in [1.82, 2.24) is 0 Å². The maximum Gasteiger partial charge on any atom is 0.304 e. The fourth-order valence-electron chi connectivity index (χ4n) is 16.0. The molecule has 0 aromatic heterocycles. The molecule has 0 aliphatic carbocycles. The minimum absolute atomic E-state index is 0.0954. The predicted molar refractivity (Wildman–Crippen MR) is 477 cm³/mol. The number of carboxylic acids is 7. The summed E-state index contributed by atoms with van der Waals surface area (Å²) >= 11 is 6.13. The first kappa shape index (κ1) is 113. The Morgan fingerprint density at radius 2 is 0.372 bits per heavy atom.